The molecule has 2 aromatic heterocycles. The maximum atomic E-state index is 12.2. The number of nitrogens with one attached hydrogen (secondary N) is 1. The number of aryl methyl sites for hydroxylation is 1. The number of amides is 1. The number of benzene rings is 1. The zero-order valence-corrected chi connectivity index (χ0v) is 19.2. The van der Waals surface area contributed by atoms with Crippen molar-refractivity contribution in [1.29, 1.82) is 0 Å². The fourth-order valence-corrected chi connectivity index (χ4v) is 5.63. The number of aromatic nitrogens is 3. The number of hydrogen-bond acceptors (Lipinski definition) is 6. The number of thiazole rings is 1. The molecule has 2 aliphatic heterocycles. The van der Waals surface area contributed by atoms with E-state index < -0.39 is 0 Å². The van der Waals surface area contributed by atoms with Gasteiger partial charge < -0.3 is 10.1 Å². The van der Waals surface area contributed by atoms with Crippen LogP contribution in [0, 0.1) is 0 Å². The fraction of sp³-hybridized carbons (Fsp3) is 0.458. The Morgan fingerprint density at radius 2 is 2.03 bits per heavy atom. The van der Waals surface area contributed by atoms with Crippen molar-refractivity contribution in [1.82, 2.24) is 25.0 Å². The maximum absolute atomic E-state index is 12.2. The summed E-state index contributed by atoms with van der Waals surface area (Å²) in [6.07, 6.45) is 8.04. The minimum atomic E-state index is -0.135. The molecule has 8 heteroatoms. The van der Waals surface area contributed by atoms with Crippen LogP contribution < -0.4 is 5.32 Å². The number of piperidine rings is 1. The third kappa shape index (κ3) is 4.77. The molecule has 0 saturated carbocycles. The molecule has 1 N–H and O–H groups in total. The lowest BCUT2D eigenvalue weighted by atomic mass is 9.88. The van der Waals surface area contributed by atoms with Crippen molar-refractivity contribution in [3.63, 3.8) is 0 Å². The molecule has 1 amide bonds. The zero-order valence-electron chi connectivity index (χ0n) is 18.4. The number of nitrogens with zero attached hydrogens (tertiary/aromatic N) is 4. The van der Waals surface area contributed by atoms with Crippen LogP contribution in [0.5, 0.6) is 0 Å². The summed E-state index contributed by atoms with van der Waals surface area (Å²) in [5, 5.41) is 8.22. The van der Waals surface area contributed by atoms with E-state index in [1.165, 1.54) is 10.4 Å². The Morgan fingerprint density at radius 1 is 1.22 bits per heavy atom. The van der Waals surface area contributed by atoms with Gasteiger partial charge in [0.25, 0.3) is 5.91 Å². The van der Waals surface area contributed by atoms with Crippen molar-refractivity contribution in [2.24, 2.45) is 7.05 Å². The molecule has 5 rings (SSSR count). The van der Waals surface area contributed by atoms with Gasteiger partial charge in [-0.2, -0.15) is 5.10 Å². The van der Waals surface area contributed by atoms with Crippen molar-refractivity contribution < 1.29 is 9.53 Å². The molecule has 1 atom stereocenters. The Morgan fingerprint density at radius 3 is 2.78 bits per heavy atom. The molecule has 2 fully saturated rings. The van der Waals surface area contributed by atoms with Gasteiger partial charge in [-0.15, -0.1) is 11.3 Å². The molecule has 1 aromatic carbocycles. The Bertz CT molecular complexity index is 1060. The number of hydrogen-bond donors (Lipinski definition) is 1. The molecule has 0 bridgehead atoms. The van der Waals surface area contributed by atoms with Gasteiger partial charge in [-0.1, -0.05) is 30.3 Å². The first-order valence-electron chi connectivity index (χ1n) is 11.3. The topological polar surface area (TPSA) is 72.3 Å². The van der Waals surface area contributed by atoms with Gasteiger partial charge in [-0.25, -0.2) is 4.98 Å². The summed E-state index contributed by atoms with van der Waals surface area (Å²) >= 11 is 1.78. The fourth-order valence-electron chi connectivity index (χ4n) is 4.67. The Kier molecular flexibility index (Phi) is 6.08. The third-order valence-electron chi connectivity index (χ3n) is 6.50. The Hall–Kier alpha value is -2.55. The summed E-state index contributed by atoms with van der Waals surface area (Å²) in [5.41, 5.74) is 1.61. The van der Waals surface area contributed by atoms with Gasteiger partial charge in [0.2, 0.25) is 0 Å². The second-order valence-electron chi connectivity index (χ2n) is 8.82. The van der Waals surface area contributed by atoms with Gasteiger partial charge in [-0.05, 0) is 31.7 Å². The zero-order chi connectivity index (χ0) is 22.0. The van der Waals surface area contributed by atoms with Gasteiger partial charge in [0.1, 0.15) is 10.7 Å². The van der Waals surface area contributed by atoms with Gasteiger partial charge in [0.05, 0.1) is 11.7 Å². The lowest BCUT2D eigenvalue weighted by Gasteiger charge is -2.39. The second kappa shape index (κ2) is 9.13. The minimum Gasteiger partial charge on any atom is -0.370 e. The van der Waals surface area contributed by atoms with Crippen LogP contribution in [0.3, 0.4) is 0 Å². The number of carbonyl (C=O) groups excluding carboxylic acids is 1. The molecule has 2 saturated heterocycles. The predicted molar refractivity (Wildman–Crippen MR) is 124 cm³/mol. The lowest BCUT2D eigenvalue weighted by molar-refractivity contribution is -0.0763. The maximum Gasteiger partial charge on any atom is 0.271 e. The van der Waals surface area contributed by atoms with Crippen LogP contribution in [0.4, 0.5) is 0 Å². The number of carbonyl (C=O) groups is 1. The summed E-state index contributed by atoms with van der Waals surface area (Å²) < 4.78 is 8.10. The number of ether oxygens (including phenoxy) is 1. The molecule has 0 radical (unpaired) electrons. The third-order valence-corrected chi connectivity index (χ3v) is 7.53. The van der Waals surface area contributed by atoms with Crippen molar-refractivity contribution >= 4 is 17.2 Å². The monoisotopic (exact) mass is 451 g/mol. The van der Waals surface area contributed by atoms with Gasteiger partial charge in [0, 0.05) is 56.1 Å². The largest absolute Gasteiger partial charge is 0.370 e. The van der Waals surface area contributed by atoms with Gasteiger partial charge in [-0.3, -0.25) is 14.4 Å². The van der Waals surface area contributed by atoms with Crippen LogP contribution >= 0.6 is 11.3 Å². The molecule has 168 valence electrons. The van der Waals surface area contributed by atoms with E-state index in [1.54, 1.807) is 28.3 Å². The van der Waals surface area contributed by atoms with E-state index in [0.717, 1.165) is 50.3 Å². The minimum absolute atomic E-state index is 0.0280. The van der Waals surface area contributed by atoms with Crippen LogP contribution in [0.15, 0.2) is 48.8 Å². The normalized spacial score (nSPS) is 20.6. The quantitative estimate of drug-likeness (QED) is 0.621. The molecule has 0 aliphatic carbocycles. The smallest absolute Gasteiger partial charge is 0.271 e. The molecular weight excluding hydrogens is 422 g/mol. The first-order valence-corrected chi connectivity index (χ1v) is 12.1. The summed E-state index contributed by atoms with van der Waals surface area (Å²) in [6, 6.07) is 12.1. The molecule has 32 heavy (non-hydrogen) atoms. The van der Waals surface area contributed by atoms with Crippen molar-refractivity contribution in [3.8, 4) is 10.6 Å². The molecule has 2 aliphatic rings. The van der Waals surface area contributed by atoms with E-state index in [4.69, 9.17) is 4.74 Å². The van der Waals surface area contributed by atoms with Crippen molar-refractivity contribution in [2.75, 3.05) is 19.6 Å². The molecular formula is C24H29N5O2S. The molecule has 3 aromatic rings. The van der Waals surface area contributed by atoms with E-state index in [0.29, 0.717) is 12.2 Å². The summed E-state index contributed by atoms with van der Waals surface area (Å²) in [7, 11) is 1.81. The average molecular weight is 452 g/mol. The Labute approximate surface area is 192 Å². The molecule has 4 heterocycles. The van der Waals surface area contributed by atoms with Crippen molar-refractivity contribution in [2.45, 2.75) is 43.9 Å². The predicted octanol–water partition coefficient (Wildman–Crippen LogP) is 3.49. The van der Waals surface area contributed by atoms with Crippen LogP contribution in [0.25, 0.3) is 10.6 Å². The molecule has 7 nitrogen and oxygen atoms in total. The average Bonchev–Trinajstić information content (AvgIpc) is 3.55. The highest BCUT2D eigenvalue weighted by atomic mass is 32.1. The van der Waals surface area contributed by atoms with Gasteiger partial charge >= 0.3 is 0 Å². The lowest BCUT2D eigenvalue weighted by Crippen LogP contribution is -2.44. The highest BCUT2D eigenvalue weighted by Crippen LogP contribution is 2.39. The Balaban J connectivity index is 1.09. The highest BCUT2D eigenvalue weighted by molar-refractivity contribution is 7.15. The summed E-state index contributed by atoms with van der Waals surface area (Å²) in [6.45, 7) is 3.56. The van der Waals surface area contributed by atoms with Crippen LogP contribution in [-0.4, -0.2) is 56.9 Å². The summed E-state index contributed by atoms with van der Waals surface area (Å²) in [4.78, 5) is 20.7. The molecule has 1 unspecified atom stereocenters. The molecule has 1 spiro atoms. The first-order chi connectivity index (χ1) is 15.6. The van der Waals surface area contributed by atoms with E-state index in [9.17, 15) is 4.79 Å². The summed E-state index contributed by atoms with van der Waals surface area (Å²) in [5.74, 6) is -0.135. The number of likely N-dealkylation sites (tertiary alicyclic amines) is 1. The van der Waals surface area contributed by atoms with Gasteiger partial charge in [0.15, 0.2) is 0 Å². The number of rotatable bonds is 6. The first kappa shape index (κ1) is 21.3. The van der Waals surface area contributed by atoms with Crippen LogP contribution in [0.2, 0.25) is 0 Å². The van der Waals surface area contributed by atoms with Crippen LogP contribution in [0.1, 0.15) is 41.0 Å². The van der Waals surface area contributed by atoms with E-state index in [1.807, 2.05) is 19.3 Å². The standard InChI is InChI=1S/C24H29N5O2S/c1-28-12-8-21(27-28)22(30)25-15-19-7-9-24(31-19)10-13-29(14-11-24)17-20-16-26-23(32-20)18-5-3-2-4-6-18/h2-6,8,12,16,19H,7,9-11,13-15,17H2,1H3,(H,25,30). The second-order valence-corrected chi connectivity index (χ2v) is 9.94. The van der Waals surface area contributed by atoms with E-state index >= 15 is 0 Å². The SMILES string of the molecule is Cn1ccc(C(=O)NCC2CCC3(CCN(Cc4cnc(-c5ccccc5)s4)CC3)O2)n1. The van der Waals surface area contributed by atoms with E-state index in [2.05, 4.69) is 44.6 Å². The van der Waals surface area contributed by atoms with Crippen molar-refractivity contribution in [3.05, 3.63) is 59.4 Å². The van der Waals surface area contributed by atoms with E-state index in [-0.39, 0.29) is 17.6 Å². The van der Waals surface area contributed by atoms with Crippen LogP contribution in [-0.2, 0) is 18.3 Å². The highest BCUT2D eigenvalue weighted by Gasteiger charge is 2.42.